The number of nitrogens with one attached hydrogen (secondary N) is 2. The Balaban J connectivity index is 1.98. The number of aryl methyl sites for hydroxylation is 2. The molecule has 0 radical (unpaired) electrons. The molecule has 0 fully saturated rings. The summed E-state index contributed by atoms with van der Waals surface area (Å²) < 4.78 is 1.72. The highest BCUT2D eigenvalue weighted by Crippen LogP contribution is 2.14. The van der Waals surface area contributed by atoms with Crippen molar-refractivity contribution in [2.75, 3.05) is 12.4 Å². The number of anilines is 1. The average molecular weight is 266 g/mol. The lowest BCUT2D eigenvalue weighted by Crippen LogP contribution is -2.22. The summed E-state index contributed by atoms with van der Waals surface area (Å²) in [5.74, 6) is -0.225. The lowest BCUT2D eigenvalue weighted by Gasteiger charge is -2.00. The molecule has 1 amide bonds. The van der Waals surface area contributed by atoms with E-state index in [9.17, 15) is 4.79 Å². The zero-order chi connectivity index (χ0) is 13.1. The van der Waals surface area contributed by atoms with Crippen molar-refractivity contribution in [3.8, 4) is 0 Å². The molecule has 0 aliphatic heterocycles. The summed E-state index contributed by atoms with van der Waals surface area (Å²) in [6, 6.07) is 0. The second-order valence-corrected chi connectivity index (χ2v) is 4.74. The highest BCUT2D eigenvalue weighted by atomic mass is 32.1. The van der Waals surface area contributed by atoms with E-state index in [2.05, 4.69) is 25.9 Å². The molecule has 0 aromatic carbocycles. The summed E-state index contributed by atoms with van der Waals surface area (Å²) in [7, 11) is 3.59. The molecule has 2 rings (SSSR count). The minimum atomic E-state index is -0.225. The van der Waals surface area contributed by atoms with Gasteiger partial charge in [-0.1, -0.05) is 11.3 Å². The van der Waals surface area contributed by atoms with Gasteiger partial charge in [-0.05, 0) is 6.92 Å². The first-order valence-electron chi connectivity index (χ1n) is 5.38. The van der Waals surface area contributed by atoms with E-state index in [-0.39, 0.29) is 5.91 Å². The van der Waals surface area contributed by atoms with Gasteiger partial charge in [-0.15, -0.1) is 10.2 Å². The number of rotatable bonds is 4. The molecular formula is C10H14N6OS. The fraction of sp³-hybridized carbons (Fsp3) is 0.400. The largest absolute Gasteiger partial charge is 0.363 e. The van der Waals surface area contributed by atoms with Crippen LogP contribution >= 0.6 is 11.3 Å². The van der Waals surface area contributed by atoms with Crippen LogP contribution in [-0.4, -0.2) is 32.9 Å². The van der Waals surface area contributed by atoms with Gasteiger partial charge in [-0.3, -0.25) is 9.48 Å². The van der Waals surface area contributed by atoms with Crippen LogP contribution < -0.4 is 10.6 Å². The summed E-state index contributed by atoms with van der Waals surface area (Å²) in [4.78, 5) is 11.8. The standard InChI is InChI=1S/C10H14N6OS/c1-6-7(5-16(3)15-6)4-12-8(17)9-13-14-10(11-2)18-9/h5H,4H2,1-3H3,(H,11,14)(H,12,17). The predicted octanol–water partition coefficient (Wildman–Crippen LogP) is 0.552. The summed E-state index contributed by atoms with van der Waals surface area (Å²) in [6.07, 6.45) is 1.88. The maximum atomic E-state index is 11.8. The number of hydrogen-bond donors (Lipinski definition) is 2. The highest BCUT2D eigenvalue weighted by Gasteiger charge is 2.12. The minimum absolute atomic E-state index is 0.225. The van der Waals surface area contributed by atoms with E-state index in [1.54, 1.807) is 11.7 Å². The van der Waals surface area contributed by atoms with Gasteiger partial charge < -0.3 is 10.6 Å². The summed E-state index contributed by atoms with van der Waals surface area (Å²) >= 11 is 1.22. The normalized spacial score (nSPS) is 10.4. The number of nitrogens with zero attached hydrogens (tertiary/aromatic N) is 4. The number of hydrogen-bond acceptors (Lipinski definition) is 6. The van der Waals surface area contributed by atoms with Crippen LogP contribution in [0.3, 0.4) is 0 Å². The van der Waals surface area contributed by atoms with Crippen molar-refractivity contribution in [3.63, 3.8) is 0 Å². The smallest absolute Gasteiger partial charge is 0.282 e. The molecule has 96 valence electrons. The Labute approximate surface area is 108 Å². The third-order valence-corrected chi connectivity index (χ3v) is 3.33. The molecule has 0 atom stereocenters. The molecule has 0 aliphatic carbocycles. The van der Waals surface area contributed by atoms with Crippen molar-refractivity contribution in [1.29, 1.82) is 0 Å². The Morgan fingerprint density at radius 3 is 2.83 bits per heavy atom. The van der Waals surface area contributed by atoms with Crippen LogP contribution in [0.15, 0.2) is 6.20 Å². The molecule has 2 N–H and O–H groups in total. The molecule has 8 heteroatoms. The second kappa shape index (κ2) is 5.13. The molecule has 0 saturated carbocycles. The van der Waals surface area contributed by atoms with Gasteiger partial charge in [-0.2, -0.15) is 5.10 Å². The van der Waals surface area contributed by atoms with Gasteiger partial charge in [0.1, 0.15) is 0 Å². The SMILES string of the molecule is CNc1nnc(C(=O)NCc2cn(C)nc2C)s1. The Kier molecular flexibility index (Phi) is 3.56. The molecule has 0 aliphatic rings. The zero-order valence-electron chi connectivity index (χ0n) is 10.4. The first kappa shape index (κ1) is 12.5. The van der Waals surface area contributed by atoms with E-state index in [0.29, 0.717) is 16.7 Å². The molecule has 0 bridgehead atoms. The van der Waals surface area contributed by atoms with E-state index in [1.807, 2.05) is 20.2 Å². The average Bonchev–Trinajstić information content (AvgIpc) is 2.93. The third kappa shape index (κ3) is 2.65. The van der Waals surface area contributed by atoms with Crippen LogP contribution in [0.1, 0.15) is 21.1 Å². The van der Waals surface area contributed by atoms with E-state index >= 15 is 0 Å². The van der Waals surface area contributed by atoms with Crippen molar-refractivity contribution in [2.45, 2.75) is 13.5 Å². The van der Waals surface area contributed by atoms with Gasteiger partial charge >= 0.3 is 0 Å². The zero-order valence-corrected chi connectivity index (χ0v) is 11.2. The van der Waals surface area contributed by atoms with Gasteiger partial charge in [-0.25, -0.2) is 0 Å². The van der Waals surface area contributed by atoms with E-state index in [1.165, 1.54) is 11.3 Å². The molecule has 2 aromatic heterocycles. The Morgan fingerprint density at radius 1 is 1.50 bits per heavy atom. The van der Waals surface area contributed by atoms with Crippen LogP contribution in [-0.2, 0) is 13.6 Å². The van der Waals surface area contributed by atoms with Gasteiger partial charge in [0.05, 0.1) is 5.69 Å². The molecular weight excluding hydrogens is 252 g/mol. The van der Waals surface area contributed by atoms with Crippen LogP contribution in [0.5, 0.6) is 0 Å². The van der Waals surface area contributed by atoms with Gasteiger partial charge in [0, 0.05) is 32.4 Å². The van der Waals surface area contributed by atoms with Gasteiger partial charge in [0.2, 0.25) is 10.1 Å². The summed E-state index contributed by atoms with van der Waals surface area (Å²) in [6.45, 7) is 2.35. The number of aromatic nitrogens is 4. The Hall–Kier alpha value is -1.96. The predicted molar refractivity (Wildman–Crippen MR) is 68.6 cm³/mol. The minimum Gasteiger partial charge on any atom is -0.363 e. The maximum Gasteiger partial charge on any atom is 0.282 e. The topological polar surface area (TPSA) is 84.7 Å². The molecule has 2 aromatic rings. The first-order valence-corrected chi connectivity index (χ1v) is 6.20. The quantitative estimate of drug-likeness (QED) is 0.844. The number of carbonyl (C=O) groups is 1. The van der Waals surface area contributed by atoms with Crippen LogP contribution in [0.2, 0.25) is 0 Å². The van der Waals surface area contributed by atoms with Crippen molar-refractivity contribution < 1.29 is 4.79 Å². The fourth-order valence-electron chi connectivity index (χ4n) is 1.49. The van der Waals surface area contributed by atoms with Crippen LogP contribution in [0.4, 0.5) is 5.13 Å². The lowest BCUT2D eigenvalue weighted by atomic mass is 10.2. The van der Waals surface area contributed by atoms with Crippen molar-refractivity contribution in [2.24, 2.45) is 7.05 Å². The van der Waals surface area contributed by atoms with Crippen molar-refractivity contribution in [3.05, 3.63) is 22.5 Å². The van der Waals surface area contributed by atoms with Crippen LogP contribution in [0.25, 0.3) is 0 Å². The van der Waals surface area contributed by atoms with Crippen molar-refractivity contribution >= 4 is 22.4 Å². The molecule has 0 spiro atoms. The molecule has 18 heavy (non-hydrogen) atoms. The fourth-order valence-corrected chi connectivity index (χ4v) is 2.10. The van der Waals surface area contributed by atoms with E-state index in [0.717, 1.165) is 11.3 Å². The molecule has 0 saturated heterocycles. The first-order chi connectivity index (χ1) is 8.60. The second-order valence-electron chi connectivity index (χ2n) is 3.76. The summed E-state index contributed by atoms with van der Waals surface area (Å²) in [5.41, 5.74) is 1.90. The summed E-state index contributed by atoms with van der Waals surface area (Å²) in [5, 5.41) is 18.4. The van der Waals surface area contributed by atoms with E-state index < -0.39 is 0 Å². The molecule has 0 unspecified atom stereocenters. The van der Waals surface area contributed by atoms with E-state index in [4.69, 9.17) is 0 Å². The van der Waals surface area contributed by atoms with Crippen LogP contribution in [0, 0.1) is 6.92 Å². The Morgan fingerprint density at radius 2 is 2.28 bits per heavy atom. The lowest BCUT2D eigenvalue weighted by molar-refractivity contribution is 0.0950. The monoisotopic (exact) mass is 266 g/mol. The molecule has 2 heterocycles. The number of carbonyl (C=O) groups excluding carboxylic acids is 1. The molecule has 7 nitrogen and oxygen atoms in total. The third-order valence-electron chi connectivity index (χ3n) is 2.39. The number of amides is 1. The van der Waals surface area contributed by atoms with Crippen molar-refractivity contribution in [1.82, 2.24) is 25.3 Å². The van der Waals surface area contributed by atoms with Gasteiger partial charge in [0.15, 0.2) is 0 Å². The van der Waals surface area contributed by atoms with Gasteiger partial charge in [0.25, 0.3) is 5.91 Å². The Bertz CT molecular complexity index is 560. The highest BCUT2D eigenvalue weighted by molar-refractivity contribution is 7.17. The maximum absolute atomic E-state index is 11.8.